The van der Waals surface area contributed by atoms with Gasteiger partial charge in [0.15, 0.2) is 11.5 Å². The average Bonchev–Trinajstić information content (AvgIpc) is 3.13. The maximum absolute atomic E-state index is 13.3. The van der Waals surface area contributed by atoms with Gasteiger partial charge in [-0.3, -0.25) is 14.6 Å². The number of likely N-dealkylation sites (tertiary alicyclic amines) is 1. The van der Waals surface area contributed by atoms with Gasteiger partial charge in [0.1, 0.15) is 11.5 Å². The first-order valence-electron chi connectivity index (χ1n) is 10.5. The lowest BCUT2D eigenvalue weighted by Crippen LogP contribution is -2.29. The minimum Gasteiger partial charge on any atom is -0.507 e. The molecule has 1 aliphatic rings. The van der Waals surface area contributed by atoms with Gasteiger partial charge < -0.3 is 24.2 Å². The second-order valence-corrected chi connectivity index (χ2v) is 7.60. The Morgan fingerprint density at radius 2 is 1.74 bits per heavy atom. The number of aliphatic hydroxyl groups excluding tert-OH is 1. The van der Waals surface area contributed by atoms with Crippen molar-refractivity contribution in [2.24, 2.45) is 0 Å². The highest BCUT2D eigenvalue weighted by molar-refractivity contribution is 6.46. The van der Waals surface area contributed by atoms with E-state index in [1.54, 1.807) is 60.9 Å². The number of hydrogen-bond acceptors (Lipinski definition) is 7. The lowest BCUT2D eigenvalue weighted by atomic mass is 9.94. The highest BCUT2D eigenvalue weighted by Crippen LogP contribution is 2.46. The van der Waals surface area contributed by atoms with E-state index in [0.29, 0.717) is 28.4 Å². The molecule has 1 aromatic heterocycles. The molecule has 3 aromatic rings. The number of amides is 1. The largest absolute Gasteiger partial charge is 0.507 e. The zero-order chi connectivity index (χ0) is 24.2. The molecular formula is C26H24N2O6. The Morgan fingerprint density at radius 3 is 2.35 bits per heavy atom. The topological polar surface area (TPSA) is 98.2 Å². The Labute approximate surface area is 197 Å². The van der Waals surface area contributed by atoms with Crippen LogP contribution < -0.4 is 14.2 Å². The predicted molar refractivity (Wildman–Crippen MR) is 125 cm³/mol. The molecular weight excluding hydrogens is 436 g/mol. The van der Waals surface area contributed by atoms with Crippen LogP contribution in [-0.2, 0) is 16.1 Å². The summed E-state index contributed by atoms with van der Waals surface area (Å²) in [7, 11) is 4.53. The molecule has 0 aliphatic carbocycles. The summed E-state index contributed by atoms with van der Waals surface area (Å²) in [6.07, 6.45) is 3.26. The number of carbonyl (C=O) groups excluding carboxylic acids is 2. The van der Waals surface area contributed by atoms with Gasteiger partial charge in [-0.1, -0.05) is 18.2 Å². The van der Waals surface area contributed by atoms with Gasteiger partial charge in [0.25, 0.3) is 11.7 Å². The maximum atomic E-state index is 13.3. The minimum atomic E-state index is -0.910. The molecule has 0 radical (unpaired) electrons. The number of aromatic nitrogens is 1. The highest BCUT2D eigenvalue weighted by atomic mass is 16.5. The summed E-state index contributed by atoms with van der Waals surface area (Å²) in [5, 5.41) is 11.2. The molecule has 2 heterocycles. The number of benzene rings is 2. The monoisotopic (exact) mass is 460 g/mol. The van der Waals surface area contributed by atoms with E-state index in [9.17, 15) is 14.7 Å². The summed E-state index contributed by atoms with van der Waals surface area (Å²) in [4.78, 5) is 32.0. The quantitative estimate of drug-likeness (QED) is 0.326. The van der Waals surface area contributed by atoms with Crippen LogP contribution in [0.25, 0.3) is 5.76 Å². The summed E-state index contributed by atoms with van der Waals surface area (Å²) >= 11 is 0. The van der Waals surface area contributed by atoms with Crippen molar-refractivity contribution >= 4 is 17.4 Å². The average molecular weight is 460 g/mol. The fraction of sp³-hybridized carbons (Fsp3) is 0.192. The molecule has 1 fully saturated rings. The van der Waals surface area contributed by atoms with Crippen LogP contribution in [0.1, 0.15) is 22.7 Å². The summed E-state index contributed by atoms with van der Waals surface area (Å²) in [5.74, 6) is -0.393. The molecule has 1 saturated heterocycles. The molecule has 2 aromatic carbocycles. The van der Waals surface area contributed by atoms with Gasteiger partial charge in [-0.15, -0.1) is 0 Å². The second-order valence-electron chi connectivity index (χ2n) is 7.60. The standard InChI is InChI=1S/C26H24N2O6/c1-32-18-11-9-17(10-12-18)23(29)21-22(19-7-4-8-20(33-2)25(19)34-3)28(26(31)24(21)30)15-16-6-5-13-27-14-16/h4-14,22,29H,15H2,1-3H3/b23-21+/t22-/m1/s1. The number of pyridine rings is 1. The van der Waals surface area contributed by atoms with Crippen molar-refractivity contribution in [1.29, 1.82) is 0 Å². The fourth-order valence-corrected chi connectivity index (χ4v) is 4.09. The van der Waals surface area contributed by atoms with Gasteiger partial charge in [-0.2, -0.15) is 0 Å². The third kappa shape index (κ3) is 4.05. The zero-order valence-electron chi connectivity index (χ0n) is 19.0. The van der Waals surface area contributed by atoms with Crippen molar-refractivity contribution in [2.45, 2.75) is 12.6 Å². The smallest absolute Gasteiger partial charge is 0.295 e. The van der Waals surface area contributed by atoms with Crippen LogP contribution >= 0.6 is 0 Å². The third-order valence-corrected chi connectivity index (χ3v) is 5.71. The molecule has 4 rings (SSSR count). The molecule has 34 heavy (non-hydrogen) atoms. The number of aliphatic hydroxyl groups is 1. The molecule has 174 valence electrons. The Kier molecular flexibility index (Phi) is 6.49. The second kappa shape index (κ2) is 9.66. The number of para-hydroxylation sites is 1. The number of methoxy groups -OCH3 is 3. The molecule has 1 amide bonds. The van der Waals surface area contributed by atoms with Gasteiger partial charge in [0.05, 0.1) is 32.9 Å². The molecule has 0 spiro atoms. The normalized spacial score (nSPS) is 17.0. The Balaban J connectivity index is 1.92. The Bertz CT molecular complexity index is 1240. The van der Waals surface area contributed by atoms with E-state index in [0.717, 1.165) is 5.56 Å². The van der Waals surface area contributed by atoms with E-state index >= 15 is 0 Å². The number of hydrogen-bond donors (Lipinski definition) is 1. The van der Waals surface area contributed by atoms with Crippen molar-refractivity contribution in [1.82, 2.24) is 9.88 Å². The van der Waals surface area contributed by atoms with E-state index < -0.39 is 17.7 Å². The summed E-state index contributed by atoms with van der Waals surface area (Å²) in [5.41, 5.74) is 1.60. The molecule has 1 aliphatic heterocycles. The first-order valence-corrected chi connectivity index (χ1v) is 10.5. The number of ketones is 1. The number of rotatable bonds is 7. The van der Waals surface area contributed by atoms with E-state index in [1.807, 2.05) is 6.07 Å². The molecule has 8 heteroatoms. The number of Topliss-reactive ketones (excluding diaryl/α,β-unsaturated/α-hetero) is 1. The zero-order valence-corrected chi connectivity index (χ0v) is 19.0. The molecule has 8 nitrogen and oxygen atoms in total. The van der Waals surface area contributed by atoms with Crippen molar-refractivity contribution in [2.75, 3.05) is 21.3 Å². The van der Waals surface area contributed by atoms with Crippen LogP contribution in [0.2, 0.25) is 0 Å². The SMILES string of the molecule is COc1ccc(/C(O)=C2\C(=O)C(=O)N(Cc3cccnc3)[C@@H]2c2cccc(OC)c2OC)cc1. The van der Waals surface area contributed by atoms with Crippen molar-refractivity contribution in [3.05, 3.63) is 89.3 Å². The maximum Gasteiger partial charge on any atom is 0.295 e. The minimum absolute atomic E-state index is 0.0365. The molecule has 1 atom stereocenters. The Morgan fingerprint density at radius 1 is 0.971 bits per heavy atom. The van der Waals surface area contributed by atoms with E-state index in [1.165, 1.54) is 26.2 Å². The number of nitrogens with zero attached hydrogens (tertiary/aromatic N) is 2. The molecule has 0 bridgehead atoms. The van der Waals surface area contributed by atoms with Crippen LogP contribution in [0.3, 0.4) is 0 Å². The number of carbonyl (C=O) groups is 2. The van der Waals surface area contributed by atoms with Crippen LogP contribution in [0.15, 0.2) is 72.6 Å². The lowest BCUT2D eigenvalue weighted by Gasteiger charge is -2.27. The molecule has 0 unspecified atom stereocenters. The van der Waals surface area contributed by atoms with Crippen LogP contribution in [0.5, 0.6) is 17.2 Å². The first-order chi connectivity index (χ1) is 16.5. The van der Waals surface area contributed by atoms with Crippen molar-refractivity contribution < 1.29 is 28.9 Å². The predicted octanol–water partition coefficient (Wildman–Crippen LogP) is 3.73. The van der Waals surface area contributed by atoms with Gasteiger partial charge in [0, 0.05) is 30.1 Å². The van der Waals surface area contributed by atoms with E-state index in [4.69, 9.17) is 14.2 Å². The summed E-state index contributed by atoms with van der Waals surface area (Å²) in [6, 6.07) is 14.5. The van der Waals surface area contributed by atoms with E-state index in [2.05, 4.69) is 4.98 Å². The van der Waals surface area contributed by atoms with Gasteiger partial charge >= 0.3 is 0 Å². The van der Waals surface area contributed by atoms with Gasteiger partial charge in [-0.25, -0.2) is 0 Å². The summed E-state index contributed by atoms with van der Waals surface area (Å²) < 4.78 is 16.2. The van der Waals surface area contributed by atoms with Gasteiger partial charge in [0.2, 0.25) is 0 Å². The van der Waals surface area contributed by atoms with Crippen molar-refractivity contribution in [3.8, 4) is 17.2 Å². The van der Waals surface area contributed by atoms with Crippen LogP contribution in [-0.4, -0.2) is 48.0 Å². The highest BCUT2D eigenvalue weighted by Gasteiger charge is 2.47. The van der Waals surface area contributed by atoms with Gasteiger partial charge in [-0.05, 0) is 42.0 Å². The van der Waals surface area contributed by atoms with Crippen LogP contribution in [0.4, 0.5) is 0 Å². The Hall–Kier alpha value is -4.33. The fourth-order valence-electron chi connectivity index (χ4n) is 4.09. The molecule has 0 saturated carbocycles. The lowest BCUT2D eigenvalue weighted by molar-refractivity contribution is -0.140. The van der Waals surface area contributed by atoms with Crippen molar-refractivity contribution in [3.63, 3.8) is 0 Å². The molecule has 1 N–H and O–H groups in total. The first kappa shape index (κ1) is 22.8. The third-order valence-electron chi connectivity index (χ3n) is 5.71. The van der Waals surface area contributed by atoms with E-state index in [-0.39, 0.29) is 17.9 Å². The van der Waals surface area contributed by atoms with Crippen LogP contribution in [0, 0.1) is 0 Å². The summed E-state index contributed by atoms with van der Waals surface area (Å²) in [6.45, 7) is 0.114. The number of ether oxygens (including phenoxy) is 3.